The molecule has 0 unspecified atom stereocenters. The maximum Gasteiger partial charge on any atom is 0.123 e. The van der Waals surface area contributed by atoms with Crippen LogP contribution in [0.5, 0.6) is 5.75 Å². The van der Waals surface area contributed by atoms with Crippen molar-refractivity contribution in [3.63, 3.8) is 0 Å². The Morgan fingerprint density at radius 3 is 2.53 bits per heavy atom. The minimum Gasteiger partial charge on any atom is -0.496 e. The van der Waals surface area contributed by atoms with E-state index in [1.54, 1.807) is 7.11 Å². The Bertz CT molecular complexity index is 322. The molecule has 1 aromatic rings. The molecule has 1 N–H and O–H groups in total. The van der Waals surface area contributed by atoms with Gasteiger partial charge < -0.3 is 10.1 Å². The van der Waals surface area contributed by atoms with Crippen LogP contribution in [0.1, 0.15) is 45.2 Å². The molecule has 1 rings (SSSR count). The lowest BCUT2D eigenvalue weighted by Crippen LogP contribution is -2.20. The highest BCUT2D eigenvalue weighted by Crippen LogP contribution is 2.24. The molecule has 0 saturated heterocycles. The number of rotatable bonds is 7. The first-order valence-corrected chi connectivity index (χ1v) is 6.51. The highest BCUT2D eigenvalue weighted by molar-refractivity contribution is 5.35. The highest BCUT2D eigenvalue weighted by atomic mass is 16.5. The van der Waals surface area contributed by atoms with Crippen LogP contribution in [-0.4, -0.2) is 13.7 Å². The molecule has 0 radical (unpaired) electrons. The Kier molecular flexibility index (Phi) is 6.06. The molecule has 0 aliphatic heterocycles. The quantitative estimate of drug-likeness (QED) is 0.726. The first-order chi connectivity index (χ1) is 8.15. The van der Waals surface area contributed by atoms with Crippen LogP contribution in [0.25, 0.3) is 0 Å². The van der Waals surface area contributed by atoms with Gasteiger partial charge in [-0.25, -0.2) is 0 Å². The molecule has 0 bridgehead atoms. The summed E-state index contributed by atoms with van der Waals surface area (Å²) in [6, 6.07) is 8.55. The largest absolute Gasteiger partial charge is 0.496 e. The van der Waals surface area contributed by atoms with Crippen LogP contribution in [0.4, 0.5) is 0 Å². The third-order valence-corrected chi connectivity index (χ3v) is 3.01. The van der Waals surface area contributed by atoms with Crippen LogP contribution >= 0.6 is 0 Å². The number of benzene rings is 1. The maximum absolute atomic E-state index is 5.37. The minimum atomic E-state index is 0.346. The van der Waals surface area contributed by atoms with Crippen molar-refractivity contribution in [1.29, 1.82) is 0 Å². The van der Waals surface area contributed by atoms with E-state index in [2.05, 4.69) is 38.2 Å². The van der Waals surface area contributed by atoms with Gasteiger partial charge in [0.25, 0.3) is 0 Å². The average molecular weight is 235 g/mol. The molecule has 2 heteroatoms. The predicted molar refractivity (Wildman–Crippen MR) is 73.5 cm³/mol. The second kappa shape index (κ2) is 7.33. The normalized spacial score (nSPS) is 12.8. The van der Waals surface area contributed by atoms with Gasteiger partial charge in [0.2, 0.25) is 0 Å². The Balaban J connectivity index is 2.43. The fourth-order valence-corrected chi connectivity index (χ4v) is 1.96. The van der Waals surface area contributed by atoms with Gasteiger partial charge in [0.05, 0.1) is 7.11 Å². The molecule has 1 aromatic carbocycles. The number of para-hydroxylation sites is 1. The van der Waals surface area contributed by atoms with E-state index >= 15 is 0 Å². The van der Waals surface area contributed by atoms with E-state index in [1.807, 2.05) is 12.1 Å². The van der Waals surface area contributed by atoms with Crippen LogP contribution in [0.15, 0.2) is 24.3 Å². The van der Waals surface area contributed by atoms with Gasteiger partial charge in [-0.15, -0.1) is 0 Å². The summed E-state index contributed by atoms with van der Waals surface area (Å²) in [7, 11) is 1.73. The molecule has 17 heavy (non-hydrogen) atoms. The van der Waals surface area contributed by atoms with Gasteiger partial charge in [0.15, 0.2) is 0 Å². The van der Waals surface area contributed by atoms with E-state index in [0.29, 0.717) is 6.04 Å². The minimum absolute atomic E-state index is 0.346. The zero-order valence-corrected chi connectivity index (χ0v) is 11.5. The van der Waals surface area contributed by atoms with Crippen molar-refractivity contribution in [3.05, 3.63) is 29.8 Å². The number of hydrogen-bond acceptors (Lipinski definition) is 2. The van der Waals surface area contributed by atoms with Crippen molar-refractivity contribution < 1.29 is 4.74 Å². The van der Waals surface area contributed by atoms with Gasteiger partial charge in [-0.05, 0) is 38.3 Å². The van der Waals surface area contributed by atoms with Crippen LogP contribution in [0.2, 0.25) is 0 Å². The Morgan fingerprint density at radius 2 is 1.88 bits per heavy atom. The van der Waals surface area contributed by atoms with E-state index in [1.165, 1.54) is 18.4 Å². The van der Waals surface area contributed by atoms with E-state index in [0.717, 1.165) is 18.2 Å². The van der Waals surface area contributed by atoms with Gasteiger partial charge in [-0.3, -0.25) is 0 Å². The molecule has 0 aliphatic carbocycles. The molecule has 0 heterocycles. The molecule has 0 saturated carbocycles. The summed E-state index contributed by atoms with van der Waals surface area (Å²) in [5.74, 6) is 1.76. The molecule has 0 fully saturated rings. The zero-order valence-electron chi connectivity index (χ0n) is 11.5. The van der Waals surface area contributed by atoms with Crippen LogP contribution < -0.4 is 10.1 Å². The lowest BCUT2D eigenvalue weighted by Gasteiger charge is -2.17. The van der Waals surface area contributed by atoms with Gasteiger partial charge in [-0.1, -0.05) is 32.0 Å². The van der Waals surface area contributed by atoms with Crippen molar-refractivity contribution in [2.24, 2.45) is 5.92 Å². The average Bonchev–Trinajstić information content (AvgIpc) is 2.34. The van der Waals surface area contributed by atoms with Gasteiger partial charge in [-0.2, -0.15) is 0 Å². The molecular formula is C15H25NO. The second-order valence-electron chi connectivity index (χ2n) is 4.95. The van der Waals surface area contributed by atoms with Crippen LogP contribution in [0.3, 0.4) is 0 Å². The molecule has 0 aromatic heterocycles. The SMILES string of the molecule is COc1ccccc1[C@@H](C)NCCCC(C)C. The molecule has 1 atom stereocenters. The summed E-state index contributed by atoms with van der Waals surface area (Å²) in [6.45, 7) is 7.79. The van der Waals surface area contributed by atoms with Crippen molar-refractivity contribution in [2.75, 3.05) is 13.7 Å². The Morgan fingerprint density at radius 1 is 1.18 bits per heavy atom. The number of nitrogens with one attached hydrogen (secondary N) is 1. The lowest BCUT2D eigenvalue weighted by molar-refractivity contribution is 0.400. The molecular weight excluding hydrogens is 210 g/mol. The van der Waals surface area contributed by atoms with Crippen molar-refractivity contribution in [3.8, 4) is 5.75 Å². The zero-order chi connectivity index (χ0) is 12.7. The summed E-state index contributed by atoms with van der Waals surface area (Å²) in [6.07, 6.45) is 2.52. The van der Waals surface area contributed by atoms with Gasteiger partial charge in [0.1, 0.15) is 5.75 Å². The first-order valence-electron chi connectivity index (χ1n) is 6.51. The number of hydrogen-bond donors (Lipinski definition) is 1. The van der Waals surface area contributed by atoms with Crippen LogP contribution in [-0.2, 0) is 0 Å². The fourth-order valence-electron chi connectivity index (χ4n) is 1.96. The summed E-state index contributed by atoms with van der Waals surface area (Å²) < 4.78 is 5.37. The van der Waals surface area contributed by atoms with Gasteiger partial charge >= 0.3 is 0 Å². The third kappa shape index (κ3) is 4.78. The second-order valence-corrected chi connectivity index (χ2v) is 4.95. The molecule has 2 nitrogen and oxygen atoms in total. The number of methoxy groups -OCH3 is 1. The highest BCUT2D eigenvalue weighted by Gasteiger charge is 2.09. The standard InChI is InChI=1S/C15H25NO/c1-12(2)8-7-11-16-13(3)14-9-5-6-10-15(14)17-4/h5-6,9-10,12-13,16H,7-8,11H2,1-4H3/t13-/m1/s1. The van der Waals surface area contributed by atoms with E-state index in [-0.39, 0.29) is 0 Å². The molecule has 0 aliphatic rings. The van der Waals surface area contributed by atoms with Crippen LogP contribution in [0, 0.1) is 5.92 Å². The van der Waals surface area contributed by atoms with Crippen molar-refractivity contribution >= 4 is 0 Å². The Labute approximate surface area is 105 Å². The fraction of sp³-hybridized carbons (Fsp3) is 0.600. The topological polar surface area (TPSA) is 21.3 Å². The lowest BCUT2D eigenvalue weighted by atomic mass is 10.1. The molecule has 0 amide bonds. The summed E-state index contributed by atoms with van der Waals surface area (Å²) in [5, 5.41) is 3.55. The summed E-state index contributed by atoms with van der Waals surface area (Å²) >= 11 is 0. The van der Waals surface area contributed by atoms with Crippen molar-refractivity contribution in [1.82, 2.24) is 5.32 Å². The summed E-state index contributed by atoms with van der Waals surface area (Å²) in [4.78, 5) is 0. The third-order valence-electron chi connectivity index (χ3n) is 3.01. The van der Waals surface area contributed by atoms with E-state index < -0.39 is 0 Å². The first kappa shape index (κ1) is 14.0. The smallest absolute Gasteiger partial charge is 0.123 e. The molecule has 96 valence electrons. The van der Waals surface area contributed by atoms with Gasteiger partial charge in [0, 0.05) is 11.6 Å². The monoisotopic (exact) mass is 235 g/mol. The summed E-state index contributed by atoms with van der Waals surface area (Å²) in [5.41, 5.74) is 1.24. The van der Waals surface area contributed by atoms with Crippen molar-refractivity contribution in [2.45, 2.75) is 39.7 Å². The van der Waals surface area contributed by atoms with E-state index in [9.17, 15) is 0 Å². The maximum atomic E-state index is 5.37. The number of ether oxygens (including phenoxy) is 1. The Hall–Kier alpha value is -1.02. The molecule has 0 spiro atoms. The predicted octanol–water partition coefficient (Wildman–Crippen LogP) is 3.78. The van der Waals surface area contributed by atoms with E-state index in [4.69, 9.17) is 4.74 Å².